The summed E-state index contributed by atoms with van der Waals surface area (Å²) < 4.78 is 21.7. The third kappa shape index (κ3) is 4.97. The van der Waals surface area contributed by atoms with E-state index in [4.69, 9.17) is 25.5 Å². The highest BCUT2D eigenvalue weighted by atomic mass is 16.7. The summed E-state index contributed by atoms with van der Waals surface area (Å²) in [6.45, 7) is 5.60. The molecular formula is C19H25NO11. The number of hydrogen-bond acceptors (Lipinski definition) is 11. The molecule has 2 fully saturated rings. The van der Waals surface area contributed by atoms with Gasteiger partial charge in [-0.05, 0) is 12.1 Å². The second-order valence-corrected chi connectivity index (χ2v) is 7.23. The number of aliphatic hydroxyl groups excluding tert-OH is 7. The van der Waals surface area contributed by atoms with Gasteiger partial charge in [0.2, 0.25) is 6.29 Å². The van der Waals surface area contributed by atoms with Crippen molar-refractivity contribution in [2.24, 2.45) is 0 Å². The average molecular weight is 443 g/mol. The van der Waals surface area contributed by atoms with Gasteiger partial charge in [0.05, 0.1) is 19.8 Å². The molecule has 1 aromatic carbocycles. The second kappa shape index (κ2) is 10.2. The van der Waals surface area contributed by atoms with Crippen LogP contribution in [-0.4, -0.2) is 110 Å². The first-order valence-corrected chi connectivity index (χ1v) is 9.53. The van der Waals surface area contributed by atoms with Gasteiger partial charge in [0, 0.05) is 0 Å². The molecule has 7 N–H and O–H groups in total. The fourth-order valence-corrected chi connectivity index (χ4v) is 3.39. The summed E-state index contributed by atoms with van der Waals surface area (Å²) in [7, 11) is 0. The smallest absolute Gasteiger partial charge is 0.229 e. The molecule has 12 nitrogen and oxygen atoms in total. The van der Waals surface area contributed by atoms with Gasteiger partial charge in [-0.15, -0.1) is 0 Å². The number of benzene rings is 1. The highest BCUT2D eigenvalue weighted by molar-refractivity contribution is 5.47. The van der Waals surface area contributed by atoms with E-state index in [1.165, 1.54) is 24.3 Å². The van der Waals surface area contributed by atoms with Crippen molar-refractivity contribution in [1.82, 2.24) is 0 Å². The Morgan fingerprint density at radius 3 is 1.94 bits per heavy atom. The normalized spacial score (nSPS) is 40.8. The molecule has 10 atom stereocenters. The van der Waals surface area contributed by atoms with Crippen LogP contribution in [-0.2, 0) is 14.2 Å². The lowest BCUT2D eigenvalue weighted by Gasteiger charge is -2.45. The molecule has 0 amide bonds. The van der Waals surface area contributed by atoms with Gasteiger partial charge < -0.3 is 54.7 Å². The average Bonchev–Trinajstić information content (AvgIpc) is 2.79. The van der Waals surface area contributed by atoms with E-state index in [1.54, 1.807) is 0 Å². The molecule has 0 aliphatic carbocycles. The van der Waals surface area contributed by atoms with Gasteiger partial charge in [-0.3, -0.25) is 0 Å². The first-order valence-electron chi connectivity index (χ1n) is 9.53. The largest absolute Gasteiger partial charge is 0.462 e. The van der Waals surface area contributed by atoms with Crippen LogP contribution in [0, 0.1) is 6.57 Å². The number of nitrogens with zero attached hydrogens (tertiary/aromatic N) is 1. The van der Waals surface area contributed by atoms with Crippen molar-refractivity contribution in [3.05, 3.63) is 35.7 Å². The van der Waals surface area contributed by atoms with Crippen LogP contribution >= 0.6 is 0 Å². The highest BCUT2D eigenvalue weighted by Gasteiger charge is 2.51. The van der Waals surface area contributed by atoms with Crippen molar-refractivity contribution < 1.29 is 54.7 Å². The molecule has 0 spiro atoms. The Bertz CT molecular complexity index is 752. The fraction of sp³-hybridized carbons (Fsp3) is 0.632. The number of ether oxygens (including phenoxy) is 4. The summed E-state index contributed by atoms with van der Waals surface area (Å²) in [6.07, 6.45) is -15.2. The van der Waals surface area contributed by atoms with Crippen molar-refractivity contribution in [3.8, 4) is 5.75 Å². The lowest BCUT2D eigenvalue weighted by molar-refractivity contribution is -0.352. The molecule has 2 heterocycles. The second-order valence-electron chi connectivity index (χ2n) is 7.23. The zero-order chi connectivity index (χ0) is 22.7. The lowest BCUT2D eigenvalue weighted by Crippen LogP contribution is -2.65. The first kappa shape index (κ1) is 23.8. The third-order valence-corrected chi connectivity index (χ3v) is 5.18. The van der Waals surface area contributed by atoms with Gasteiger partial charge in [0.1, 0.15) is 54.6 Å². The molecule has 1 aromatic rings. The predicted octanol–water partition coefficient (Wildman–Crippen LogP) is -2.76. The SMILES string of the molecule is [C-]#[N+]c1ccc(O[C@@H]2O[C@H](CO)[C@@H](O[C@@H]3O[C@H](CO)[C@H](O)[C@H](O)[C@H]3O)[C@H](O)[C@H]2O)cc1. The van der Waals surface area contributed by atoms with E-state index >= 15 is 0 Å². The van der Waals surface area contributed by atoms with Crippen LogP contribution in [0.25, 0.3) is 4.85 Å². The number of rotatable bonds is 6. The summed E-state index contributed by atoms with van der Waals surface area (Å²) in [5, 5.41) is 69.8. The molecular weight excluding hydrogens is 418 g/mol. The maximum atomic E-state index is 10.5. The number of hydrogen-bond donors (Lipinski definition) is 7. The Morgan fingerprint density at radius 1 is 0.774 bits per heavy atom. The van der Waals surface area contributed by atoms with Crippen LogP contribution in [0.2, 0.25) is 0 Å². The van der Waals surface area contributed by atoms with E-state index in [1.807, 2.05) is 0 Å². The molecule has 2 saturated heterocycles. The molecule has 3 rings (SSSR count). The topological polar surface area (TPSA) is 183 Å². The molecule has 2 aliphatic heterocycles. The maximum absolute atomic E-state index is 10.5. The fourth-order valence-electron chi connectivity index (χ4n) is 3.39. The molecule has 0 aromatic heterocycles. The molecule has 31 heavy (non-hydrogen) atoms. The van der Waals surface area contributed by atoms with E-state index < -0.39 is 74.6 Å². The van der Waals surface area contributed by atoms with E-state index in [-0.39, 0.29) is 5.75 Å². The third-order valence-electron chi connectivity index (χ3n) is 5.18. The van der Waals surface area contributed by atoms with Gasteiger partial charge >= 0.3 is 0 Å². The van der Waals surface area contributed by atoms with Gasteiger partial charge in [-0.1, -0.05) is 12.1 Å². The van der Waals surface area contributed by atoms with Crippen molar-refractivity contribution >= 4 is 5.69 Å². The maximum Gasteiger partial charge on any atom is 0.229 e. The minimum atomic E-state index is -1.74. The summed E-state index contributed by atoms with van der Waals surface area (Å²) in [5.74, 6) is 0.244. The first-order chi connectivity index (χ1) is 14.8. The predicted molar refractivity (Wildman–Crippen MR) is 99.7 cm³/mol. The minimum absolute atomic E-state index is 0.244. The van der Waals surface area contributed by atoms with Crippen molar-refractivity contribution in [3.63, 3.8) is 0 Å². The molecule has 172 valence electrons. The summed E-state index contributed by atoms with van der Waals surface area (Å²) in [4.78, 5) is 3.25. The molecule has 0 saturated carbocycles. The van der Waals surface area contributed by atoms with E-state index in [9.17, 15) is 35.7 Å². The van der Waals surface area contributed by atoms with Crippen molar-refractivity contribution in [1.29, 1.82) is 0 Å². The Kier molecular flexibility index (Phi) is 7.78. The zero-order valence-electron chi connectivity index (χ0n) is 16.2. The van der Waals surface area contributed by atoms with Gasteiger partial charge in [0.25, 0.3) is 0 Å². The quantitative estimate of drug-likeness (QED) is 0.226. The number of aliphatic hydroxyl groups is 7. The zero-order valence-corrected chi connectivity index (χ0v) is 16.2. The van der Waals surface area contributed by atoms with E-state index in [0.717, 1.165) is 0 Å². The summed E-state index contributed by atoms with van der Waals surface area (Å²) in [6, 6.07) is 5.92. The van der Waals surface area contributed by atoms with Crippen LogP contribution in [0.15, 0.2) is 24.3 Å². The summed E-state index contributed by atoms with van der Waals surface area (Å²) >= 11 is 0. The Labute approximate surface area is 177 Å². The Balaban J connectivity index is 1.70. The van der Waals surface area contributed by atoms with E-state index in [0.29, 0.717) is 5.69 Å². The standard InChI is InChI=1S/C19H25NO11/c1-20-8-2-4-9(5-3-8)28-18-16(27)14(25)17(11(7-22)30-18)31-19-15(26)13(24)12(23)10(6-21)29-19/h2-5,10-19,21-27H,6-7H2/t10-,11-,12+,13+,14-,15-,16-,17-,18-,19+/m1/s1. The van der Waals surface area contributed by atoms with Crippen LogP contribution < -0.4 is 4.74 Å². The van der Waals surface area contributed by atoms with Crippen molar-refractivity contribution in [2.75, 3.05) is 13.2 Å². The molecule has 0 radical (unpaired) electrons. The van der Waals surface area contributed by atoms with Crippen LogP contribution in [0.5, 0.6) is 5.75 Å². The van der Waals surface area contributed by atoms with Crippen molar-refractivity contribution in [2.45, 2.75) is 61.4 Å². The summed E-state index contributed by atoms with van der Waals surface area (Å²) in [5.41, 5.74) is 0.374. The molecule has 0 bridgehead atoms. The van der Waals surface area contributed by atoms with Crippen LogP contribution in [0.3, 0.4) is 0 Å². The van der Waals surface area contributed by atoms with Crippen LogP contribution in [0.1, 0.15) is 0 Å². The van der Waals surface area contributed by atoms with Gasteiger partial charge in [-0.2, -0.15) is 0 Å². The monoisotopic (exact) mass is 443 g/mol. The lowest BCUT2D eigenvalue weighted by atomic mass is 9.97. The van der Waals surface area contributed by atoms with E-state index in [2.05, 4.69) is 4.85 Å². The molecule has 12 heteroatoms. The van der Waals surface area contributed by atoms with Crippen LogP contribution in [0.4, 0.5) is 5.69 Å². The Morgan fingerprint density at radius 2 is 1.35 bits per heavy atom. The van der Waals surface area contributed by atoms with Gasteiger partial charge in [0.15, 0.2) is 12.0 Å². The minimum Gasteiger partial charge on any atom is -0.462 e. The molecule has 2 aliphatic rings. The highest BCUT2D eigenvalue weighted by Crippen LogP contribution is 2.30. The van der Waals surface area contributed by atoms with Gasteiger partial charge in [-0.25, -0.2) is 4.85 Å². The Hall–Kier alpha value is -1.89. The molecule has 0 unspecified atom stereocenters.